The quantitative estimate of drug-likeness (QED) is 0.857. The minimum atomic E-state index is -3.14. The van der Waals surface area contributed by atoms with Crippen LogP contribution in [0.1, 0.15) is 23.0 Å². The number of nitrogens with zero attached hydrogens (tertiary/aromatic N) is 1. The van der Waals surface area contributed by atoms with Gasteiger partial charge in [-0.1, -0.05) is 6.92 Å². The van der Waals surface area contributed by atoms with Crippen molar-refractivity contribution in [2.24, 2.45) is 0 Å². The third kappa shape index (κ3) is 3.31. The number of anilines is 1. The number of pyridine rings is 1. The van der Waals surface area contributed by atoms with Gasteiger partial charge in [-0.25, -0.2) is 18.2 Å². The van der Waals surface area contributed by atoms with Crippen LogP contribution in [0, 0.1) is 0 Å². The van der Waals surface area contributed by atoms with E-state index < -0.39 is 15.8 Å². The van der Waals surface area contributed by atoms with E-state index in [-0.39, 0.29) is 17.4 Å². The van der Waals surface area contributed by atoms with Gasteiger partial charge in [0.05, 0.1) is 17.4 Å². The van der Waals surface area contributed by atoms with Crippen LogP contribution in [-0.4, -0.2) is 36.3 Å². The van der Waals surface area contributed by atoms with E-state index >= 15 is 0 Å². The van der Waals surface area contributed by atoms with Crippen molar-refractivity contribution in [3.05, 3.63) is 34.9 Å². The molecule has 0 aliphatic carbocycles. The van der Waals surface area contributed by atoms with Gasteiger partial charge < -0.3 is 10.4 Å². The highest BCUT2D eigenvalue weighted by molar-refractivity contribution is 7.94. The number of hydrogen-bond acceptors (Lipinski definition) is 5. The Morgan fingerprint density at radius 2 is 2.26 bits per heavy atom. The Balaban J connectivity index is 2.23. The Kier molecular flexibility index (Phi) is 3.57. The van der Waals surface area contributed by atoms with Crippen molar-refractivity contribution in [2.45, 2.75) is 19.4 Å². The van der Waals surface area contributed by atoms with Crippen LogP contribution in [0.3, 0.4) is 0 Å². The molecule has 6 nitrogen and oxygen atoms in total. The number of aromatic nitrogens is 1. The smallest absolute Gasteiger partial charge is 0.335 e. The summed E-state index contributed by atoms with van der Waals surface area (Å²) in [5, 5.41) is 13.1. The number of carbonyl (C=O) groups is 1. The number of rotatable bonds is 4. The zero-order chi connectivity index (χ0) is 14.0. The molecule has 7 heteroatoms. The van der Waals surface area contributed by atoms with Gasteiger partial charge >= 0.3 is 5.97 Å². The number of aromatic carboxylic acids is 1. The first-order chi connectivity index (χ1) is 8.89. The molecule has 19 heavy (non-hydrogen) atoms. The maximum Gasteiger partial charge on any atom is 0.335 e. The number of sulfone groups is 1. The molecule has 1 aromatic rings. The Morgan fingerprint density at radius 3 is 2.79 bits per heavy atom. The van der Waals surface area contributed by atoms with E-state index in [1.165, 1.54) is 18.2 Å². The van der Waals surface area contributed by atoms with Crippen LogP contribution in [0.5, 0.6) is 0 Å². The normalized spacial score (nSPS) is 20.4. The maximum absolute atomic E-state index is 11.3. The van der Waals surface area contributed by atoms with E-state index in [1.807, 2.05) is 6.92 Å². The van der Waals surface area contributed by atoms with Crippen LogP contribution in [0.4, 0.5) is 5.82 Å². The van der Waals surface area contributed by atoms with Crippen LogP contribution in [0.15, 0.2) is 23.6 Å². The molecular weight excluding hydrogens is 268 g/mol. The molecule has 1 aliphatic heterocycles. The highest BCUT2D eigenvalue weighted by Crippen LogP contribution is 2.16. The van der Waals surface area contributed by atoms with Gasteiger partial charge in [0.25, 0.3) is 0 Å². The van der Waals surface area contributed by atoms with Gasteiger partial charge in [0, 0.05) is 11.1 Å². The molecule has 0 radical (unpaired) electrons. The van der Waals surface area contributed by atoms with E-state index in [0.717, 1.165) is 5.41 Å². The fourth-order valence-electron chi connectivity index (χ4n) is 1.82. The molecule has 2 heterocycles. The second-order valence-corrected chi connectivity index (χ2v) is 6.23. The van der Waals surface area contributed by atoms with Crippen molar-refractivity contribution in [1.29, 1.82) is 0 Å². The van der Waals surface area contributed by atoms with Gasteiger partial charge in [-0.05, 0) is 24.6 Å². The molecule has 0 fully saturated rings. The zero-order valence-electron chi connectivity index (χ0n) is 10.3. The fourth-order valence-corrected chi connectivity index (χ4v) is 3.06. The zero-order valence-corrected chi connectivity index (χ0v) is 11.1. The summed E-state index contributed by atoms with van der Waals surface area (Å²) in [6.45, 7) is 1.87. The molecule has 0 saturated carbocycles. The lowest BCUT2D eigenvalue weighted by molar-refractivity contribution is 0.0696. The number of carboxylic acid groups (broad SMARTS) is 1. The van der Waals surface area contributed by atoms with Gasteiger partial charge in [-0.15, -0.1) is 0 Å². The van der Waals surface area contributed by atoms with Gasteiger partial charge in [-0.3, -0.25) is 0 Å². The summed E-state index contributed by atoms with van der Waals surface area (Å²) in [4.78, 5) is 15.2. The minimum absolute atomic E-state index is 0.0343. The third-order valence-electron chi connectivity index (χ3n) is 2.75. The predicted molar refractivity (Wildman–Crippen MR) is 70.9 cm³/mol. The Morgan fingerprint density at radius 1 is 1.53 bits per heavy atom. The van der Waals surface area contributed by atoms with E-state index in [0.29, 0.717) is 17.9 Å². The van der Waals surface area contributed by atoms with Crippen molar-refractivity contribution >= 4 is 21.6 Å². The molecule has 0 saturated heterocycles. The summed E-state index contributed by atoms with van der Waals surface area (Å²) in [6.07, 6.45) is 2.14. The molecule has 1 aliphatic rings. The summed E-state index contributed by atoms with van der Waals surface area (Å²) in [6, 6.07) is 2.54. The lowest BCUT2D eigenvalue weighted by Crippen LogP contribution is -2.22. The van der Waals surface area contributed by atoms with Gasteiger partial charge in [0.15, 0.2) is 9.84 Å². The number of hydrogen-bond donors (Lipinski definition) is 2. The molecule has 102 valence electrons. The summed E-state index contributed by atoms with van der Waals surface area (Å²) in [5.74, 6) is -0.689. The van der Waals surface area contributed by atoms with Crippen molar-refractivity contribution in [2.75, 3.05) is 11.1 Å². The van der Waals surface area contributed by atoms with Crippen LogP contribution in [0.25, 0.3) is 0 Å². The van der Waals surface area contributed by atoms with Crippen LogP contribution in [-0.2, 0) is 16.3 Å². The Bertz CT molecular complexity index is 637. The van der Waals surface area contributed by atoms with Gasteiger partial charge in [-0.2, -0.15) is 0 Å². The van der Waals surface area contributed by atoms with E-state index in [9.17, 15) is 13.2 Å². The number of carboxylic acids is 1. The highest BCUT2D eigenvalue weighted by Gasteiger charge is 2.22. The molecule has 0 bridgehead atoms. The first-order valence-electron chi connectivity index (χ1n) is 5.81. The lowest BCUT2D eigenvalue weighted by Gasteiger charge is -2.12. The summed E-state index contributed by atoms with van der Waals surface area (Å²) >= 11 is 0. The first-order valence-corrected chi connectivity index (χ1v) is 7.53. The van der Waals surface area contributed by atoms with Gasteiger partial charge in [0.1, 0.15) is 5.82 Å². The average Bonchev–Trinajstić information content (AvgIpc) is 2.68. The largest absolute Gasteiger partial charge is 0.478 e. The Hall–Kier alpha value is -1.89. The number of aryl methyl sites for hydroxylation is 1. The predicted octanol–water partition coefficient (Wildman–Crippen LogP) is 1.06. The highest BCUT2D eigenvalue weighted by atomic mass is 32.2. The second-order valence-electron chi connectivity index (χ2n) is 4.30. The molecule has 2 rings (SSSR count). The van der Waals surface area contributed by atoms with Crippen LogP contribution >= 0.6 is 0 Å². The van der Waals surface area contributed by atoms with E-state index in [4.69, 9.17) is 5.11 Å². The molecule has 0 amide bonds. The molecular formula is C12H14N2O4S. The Labute approximate surface area is 111 Å². The standard InChI is InChI=1S/C12H14N2O4S/c1-2-9-5-8(12(15)16)6-11(13-9)14-10-3-4-19(17,18)7-10/h3-6,10H,2,7H2,1H3,(H,13,14)(H,15,16). The van der Waals surface area contributed by atoms with Crippen molar-refractivity contribution in [1.82, 2.24) is 4.98 Å². The second kappa shape index (κ2) is 5.00. The third-order valence-corrected chi connectivity index (χ3v) is 4.15. The van der Waals surface area contributed by atoms with Crippen LogP contribution < -0.4 is 5.32 Å². The molecule has 1 unspecified atom stereocenters. The van der Waals surface area contributed by atoms with E-state index in [1.54, 1.807) is 0 Å². The molecule has 0 aromatic carbocycles. The first kappa shape index (κ1) is 13.5. The van der Waals surface area contributed by atoms with Gasteiger partial charge in [0.2, 0.25) is 0 Å². The monoisotopic (exact) mass is 282 g/mol. The summed E-state index contributed by atoms with van der Waals surface area (Å²) in [7, 11) is -3.14. The molecule has 1 atom stereocenters. The maximum atomic E-state index is 11.3. The fraction of sp³-hybridized carbons (Fsp3) is 0.333. The SMILES string of the molecule is CCc1cc(C(=O)O)cc(NC2C=CS(=O)(=O)C2)n1. The van der Waals surface area contributed by atoms with Crippen molar-refractivity contribution in [3.8, 4) is 0 Å². The number of nitrogens with one attached hydrogen (secondary N) is 1. The summed E-state index contributed by atoms with van der Waals surface area (Å²) in [5.41, 5.74) is 0.784. The van der Waals surface area contributed by atoms with E-state index in [2.05, 4.69) is 10.3 Å². The van der Waals surface area contributed by atoms with Crippen molar-refractivity contribution in [3.63, 3.8) is 0 Å². The average molecular weight is 282 g/mol. The molecule has 0 spiro atoms. The topological polar surface area (TPSA) is 96.4 Å². The van der Waals surface area contributed by atoms with Crippen molar-refractivity contribution < 1.29 is 18.3 Å². The minimum Gasteiger partial charge on any atom is -0.478 e. The van der Waals surface area contributed by atoms with Crippen LogP contribution in [0.2, 0.25) is 0 Å². The molecule has 1 aromatic heterocycles. The molecule has 2 N–H and O–H groups in total. The lowest BCUT2D eigenvalue weighted by atomic mass is 10.2. The summed E-state index contributed by atoms with van der Waals surface area (Å²) < 4.78 is 22.6.